The van der Waals surface area contributed by atoms with Crippen molar-refractivity contribution in [2.24, 2.45) is 5.92 Å². The van der Waals surface area contributed by atoms with Crippen molar-refractivity contribution >= 4 is 5.97 Å². The summed E-state index contributed by atoms with van der Waals surface area (Å²) in [6.45, 7) is -0.0504. The molecule has 0 spiro atoms. The second kappa shape index (κ2) is 3.49. The fourth-order valence-electron chi connectivity index (χ4n) is 1.56. The lowest BCUT2D eigenvalue weighted by Gasteiger charge is -2.22. The van der Waals surface area contributed by atoms with Gasteiger partial charge in [0.2, 0.25) is 0 Å². The summed E-state index contributed by atoms with van der Waals surface area (Å²) in [6, 6.07) is 1.79. The van der Waals surface area contributed by atoms with Crippen LogP contribution in [0.1, 0.15) is 5.56 Å². The number of benzene rings is 1. The molecular formula is C10H8F2O3. The maximum absolute atomic E-state index is 13.3. The maximum atomic E-state index is 13.3. The van der Waals surface area contributed by atoms with E-state index < -0.39 is 23.5 Å². The third-order valence-electron chi connectivity index (χ3n) is 2.36. The van der Waals surface area contributed by atoms with E-state index in [1.54, 1.807) is 0 Å². The molecule has 1 aliphatic heterocycles. The average Bonchev–Trinajstić information content (AvgIpc) is 2.16. The van der Waals surface area contributed by atoms with Crippen molar-refractivity contribution < 1.29 is 23.4 Å². The van der Waals surface area contributed by atoms with Gasteiger partial charge in [-0.15, -0.1) is 0 Å². The Hall–Kier alpha value is -1.65. The van der Waals surface area contributed by atoms with Crippen LogP contribution in [0.4, 0.5) is 8.78 Å². The Morgan fingerprint density at radius 3 is 2.87 bits per heavy atom. The van der Waals surface area contributed by atoms with Gasteiger partial charge in [-0.25, -0.2) is 8.78 Å². The smallest absolute Gasteiger partial charge is 0.310 e. The summed E-state index contributed by atoms with van der Waals surface area (Å²) in [6.07, 6.45) is 0.0385. The van der Waals surface area contributed by atoms with Gasteiger partial charge < -0.3 is 9.84 Å². The van der Waals surface area contributed by atoms with Gasteiger partial charge in [0.25, 0.3) is 0 Å². The SMILES string of the molecule is O=C(O)C1COc2cc(F)cc(F)c2C1. The van der Waals surface area contributed by atoms with E-state index in [-0.39, 0.29) is 24.3 Å². The molecule has 3 nitrogen and oxygen atoms in total. The summed E-state index contributed by atoms with van der Waals surface area (Å²) in [5.41, 5.74) is 0.134. The molecule has 0 aliphatic carbocycles. The van der Waals surface area contributed by atoms with Gasteiger partial charge in [0, 0.05) is 17.7 Å². The lowest BCUT2D eigenvalue weighted by molar-refractivity contribution is -0.143. The minimum Gasteiger partial charge on any atom is -0.492 e. The van der Waals surface area contributed by atoms with Crippen LogP contribution in [0.25, 0.3) is 0 Å². The largest absolute Gasteiger partial charge is 0.492 e. The van der Waals surface area contributed by atoms with Gasteiger partial charge in [0.05, 0.1) is 5.92 Å². The van der Waals surface area contributed by atoms with Crippen LogP contribution < -0.4 is 4.74 Å². The van der Waals surface area contributed by atoms with Gasteiger partial charge in [-0.3, -0.25) is 4.79 Å². The van der Waals surface area contributed by atoms with Gasteiger partial charge >= 0.3 is 5.97 Å². The highest BCUT2D eigenvalue weighted by atomic mass is 19.1. The highest BCUT2D eigenvalue weighted by Crippen LogP contribution is 2.30. The first-order valence-corrected chi connectivity index (χ1v) is 4.41. The normalized spacial score (nSPS) is 19.2. The van der Waals surface area contributed by atoms with Crippen molar-refractivity contribution in [2.75, 3.05) is 6.61 Å². The van der Waals surface area contributed by atoms with Gasteiger partial charge in [-0.1, -0.05) is 0 Å². The summed E-state index contributed by atoms with van der Waals surface area (Å²) in [7, 11) is 0. The van der Waals surface area contributed by atoms with Crippen molar-refractivity contribution in [1.82, 2.24) is 0 Å². The van der Waals surface area contributed by atoms with E-state index in [0.717, 1.165) is 12.1 Å². The maximum Gasteiger partial charge on any atom is 0.310 e. The molecule has 2 rings (SSSR count). The summed E-state index contributed by atoms with van der Waals surface area (Å²) in [4.78, 5) is 10.7. The predicted molar refractivity (Wildman–Crippen MR) is 46.7 cm³/mol. The average molecular weight is 214 g/mol. The van der Waals surface area contributed by atoms with Crippen LogP contribution in [0.5, 0.6) is 5.75 Å². The zero-order valence-electron chi connectivity index (χ0n) is 7.67. The standard InChI is InChI=1S/C10H8F2O3/c11-6-2-8(12)7-1-5(10(13)14)4-15-9(7)3-6/h2-3,5H,1,4H2,(H,13,14). The molecule has 1 unspecified atom stereocenters. The number of aliphatic carboxylic acids is 1. The third kappa shape index (κ3) is 1.77. The Morgan fingerprint density at radius 2 is 2.20 bits per heavy atom. The number of rotatable bonds is 1. The fourth-order valence-corrected chi connectivity index (χ4v) is 1.56. The first kappa shape index (κ1) is 9.89. The lowest BCUT2D eigenvalue weighted by Crippen LogP contribution is -2.28. The Morgan fingerprint density at radius 1 is 1.47 bits per heavy atom. The minimum absolute atomic E-state index is 0.0385. The second-order valence-corrected chi connectivity index (χ2v) is 3.41. The van der Waals surface area contributed by atoms with Crippen molar-refractivity contribution in [1.29, 1.82) is 0 Å². The van der Waals surface area contributed by atoms with E-state index in [1.807, 2.05) is 0 Å². The Kier molecular flexibility index (Phi) is 2.30. The van der Waals surface area contributed by atoms with Crippen LogP contribution in [-0.2, 0) is 11.2 Å². The Bertz CT molecular complexity index is 417. The lowest BCUT2D eigenvalue weighted by atomic mass is 9.96. The number of hydrogen-bond donors (Lipinski definition) is 1. The van der Waals surface area contributed by atoms with Crippen LogP contribution >= 0.6 is 0 Å². The highest BCUT2D eigenvalue weighted by molar-refractivity contribution is 5.71. The molecule has 0 saturated carbocycles. The molecule has 0 aromatic heterocycles. The molecule has 1 aliphatic rings. The van der Waals surface area contributed by atoms with Crippen LogP contribution in [0.2, 0.25) is 0 Å². The molecule has 1 aromatic carbocycles. The zero-order valence-corrected chi connectivity index (χ0v) is 7.67. The molecule has 1 heterocycles. The van der Waals surface area contributed by atoms with Gasteiger partial charge in [-0.05, 0) is 6.42 Å². The molecule has 0 fully saturated rings. The molecule has 80 valence electrons. The zero-order chi connectivity index (χ0) is 11.0. The number of fused-ring (bicyclic) bond motifs is 1. The second-order valence-electron chi connectivity index (χ2n) is 3.41. The van der Waals surface area contributed by atoms with Crippen molar-refractivity contribution in [3.05, 3.63) is 29.3 Å². The third-order valence-corrected chi connectivity index (χ3v) is 2.36. The molecule has 1 atom stereocenters. The van der Waals surface area contributed by atoms with Gasteiger partial charge in [0.15, 0.2) is 0 Å². The quantitative estimate of drug-likeness (QED) is 0.772. The summed E-state index contributed by atoms with van der Waals surface area (Å²) >= 11 is 0. The van der Waals surface area contributed by atoms with Crippen LogP contribution in [-0.4, -0.2) is 17.7 Å². The first-order chi connectivity index (χ1) is 7.08. The number of carboxylic acid groups (broad SMARTS) is 1. The van der Waals surface area contributed by atoms with Crippen LogP contribution in [0.15, 0.2) is 12.1 Å². The number of carbonyl (C=O) groups is 1. The molecule has 1 aromatic rings. The molecular weight excluding hydrogens is 206 g/mol. The molecule has 0 bridgehead atoms. The van der Waals surface area contributed by atoms with Gasteiger partial charge in [0.1, 0.15) is 24.0 Å². The highest BCUT2D eigenvalue weighted by Gasteiger charge is 2.28. The number of halogens is 2. The van der Waals surface area contributed by atoms with E-state index in [1.165, 1.54) is 0 Å². The molecule has 0 radical (unpaired) electrons. The number of ether oxygens (including phenoxy) is 1. The summed E-state index contributed by atoms with van der Waals surface area (Å²) in [5.74, 6) is -3.18. The molecule has 0 saturated heterocycles. The van der Waals surface area contributed by atoms with E-state index in [4.69, 9.17) is 9.84 Å². The van der Waals surface area contributed by atoms with Gasteiger partial charge in [-0.2, -0.15) is 0 Å². The number of carboxylic acids is 1. The number of hydrogen-bond acceptors (Lipinski definition) is 2. The molecule has 5 heteroatoms. The molecule has 0 amide bonds. The van der Waals surface area contributed by atoms with Crippen molar-refractivity contribution in [2.45, 2.75) is 6.42 Å². The summed E-state index contributed by atoms with van der Waals surface area (Å²) in [5, 5.41) is 8.73. The van der Waals surface area contributed by atoms with E-state index in [9.17, 15) is 13.6 Å². The summed E-state index contributed by atoms with van der Waals surface area (Å²) < 4.78 is 31.0. The van der Waals surface area contributed by atoms with Crippen LogP contribution in [0, 0.1) is 17.6 Å². The van der Waals surface area contributed by atoms with Crippen LogP contribution in [0.3, 0.4) is 0 Å². The minimum atomic E-state index is -1.04. The molecule has 15 heavy (non-hydrogen) atoms. The Balaban J connectivity index is 2.37. The Labute approximate surface area is 84.3 Å². The molecule has 1 N–H and O–H groups in total. The monoisotopic (exact) mass is 214 g/mol. The van der Waals surface area contributed by atoms with Crippen molar-refractivity contribution in [3.63, 3.8) is 0 Å². The topological polar surface area (TPSA) is 46.5 Å². The van der Waals surface area contributed by atoms with E-state index in [0.29, 0.717) is 0 Å². The first-order valence-electron chi connectivity index (χ1n) is 4.41. The predicted octanol–water partition coefficient (Wildman–Crippen LogP) is 1.60. The fraction of sp³-hybridized carbons (Fsp3) is 0.300. The van der Waals surface area contributed by atoms with E-state index >= 15 is 0 Å². The van der Waals surface area contributed by atoms with E-state index in [2.05, 4.69) is 0 Å². The van der Waals surface area contributed by atoms with Crippen molar-refractivity contribution in [3.8, 4) is 5.75 Å².